The number of amides is 2. The molecule has 1 aromatic heterocycles. The van der Waals surface area contributed by atoms with Crippen LogP contribution in [0.5, 0.6) is 0 Å². The lowest BCUT2D eigenvalue weighted by atomic mass is 10.2. The summed E-state index contributed by atoms with van der Waals surface area (Å²) in [7, 11) is 0. The van der Waals surface area contributed by atoms with Gasteiger partial charge < -0.3 is 14.9 Å². The molecule has 19 heavy (non-hydrogen) atoms. The highest BCUT2D eigenvalue weighted by atomic mass is 32.1. The number of aliphatic hydroxyl groups is 1. The second-order valence-corrected chi connectivity index (χ2v) is 5.43. The summed E-state index contributed by atoms with van der Waals surface area (Å²) in [4.78, 5) is 28.2. The number of hydrogen-bond acceptors (Lipinski definition) is 4. The number of rotatable bonds is 4. The van der Waals surface area contributed by atoms with E-state index in [-0.39, 0.29) is 18.4 Å². The molecule has 1 N–H and O–H groups in total. The molecule has 0 unspecified atom stereocenters. The zero-order valence-corrected chi connectivity index (χ0v) is 11.6. The normalized spacial score (nSPS) is 15.6. The predicted molar refractivity (Wildman–Crippen MR) is 73.1 cm³/mol. The summed E-state index contributed by atoms with van der Waals surface area (Å²) in [5.74, 6) is 0.120. The van der Waals surface area contributed by atoms with Gasteiger partial charge in [-0.15, -0.1) is 11.3 Å². The van der Waals surface area contributed by atoms with Crippen LogP contribution in [-0.2, 0) is 4.79 Å². The lowest BCUT2D eigenvalue weighted by molar-refractivity contribution is -0.132. The van der Waals surface area contributed by atoms with Crippen molar-refractivity contribution in [1.82, 2.24) is 9.80 Å². The number of aliphatic hydroxyl groups excluding tert-OH is 1. The molecule has 1 fully saturated rings. The van der Waals surface area contributed by atoms with Crippen molar-refractivity contribution < 1.29 is 14.7 Å². The van der Waals surface area contributed by atoms with E-state index in [1.807, 2.05) is 17.5 Å². The molecule has 0 saturated carbocycles. The summed E-state index contributed by atoms with van der Waals surface area (Å²) >= 11 is 1.44. The molecule has 5 nitrogen and oxygen atoms in total. The zero-order valence-electron chi connectivity index (χ0n) is 10.7. The summed E-state index contributed by atoms with van der Waals surface area (Å²) in [5.41, 5.74) is 0. The first-order chi connectivity index (χ1) is 9.22. The van der Waals surface area contributed by atoms with E-state index >= 15 is 0 Å². The summed E-state index contributed by atoms with van der Waals surface area (Å²) in [6.07, 6.45) is 0.891. The summed E-state index contributed by atoms with van der Waals surface area (Å²) in [6, 6.07) is 3.69. The Balaban J connectivity index is 1.82. The molecule has 1 aliphatic rings. The minimum absolute atomic E-state index is 0.0442. The van der Waals surface area contributed by atoms with Gasteiger partial charge in [0.2, 0.25) is 5.91 Å². The smallest absolute Gasteiger partial charge is 0.264 e. The van der Waals surface area contributed by atoms with Gasteiger partial charge in [0, 0.05) is 39.2 Å². The molecule has 0 aromatic carbocycles. The second-order valence-electron chi connectivity index (χ2n) is 4.48. The minimum atomic E-state index is 0.0442. The van der Waals surface area contributed by atoms with Crippen LogP contribution in [0.1, 0.15) is 22.5 Å². The van der Waals surface area contributed by atoms with Crippen LogP contribution in [0.15, 0.2) is 17.5 Å². The van der Waals surface area contributed by atoms with Crippen LogP contribution in [0.25, 0.3) is 0 Å². The molecule has 0 radical (unpaired) electrons. The highest BCUT2D eigenvalue weighted by Gasteiger charge is 2.24. The summed E-state index contributed by atoms with van der Waals surface area (Å²) < 4.78 is 0. The number of carbonyl (C=O) groups is 2. The van der Waals surface area contributed by atoms with Crippen molar-refractivity contribution in [2.24, 2.45) is 0 Å². The molecule has 1 aromatic rings. The molecule has 1 saturated heterocycles. The molecule has 2 rings (SSSR count). The maximum absolute atomic E-state index is 12.1. The van der Waals surface area contributed by atoms with Crippen molar-refractivity contribution in [3.8, 4) is 0 Å². The molecular weight excluding hydrogens is 264 g/mol. The molecule has 0 atom stereocenters. The summed E-state index contributed by atoms with van der Waals surface area (Å²) in [6.45, 7) is 2.38. The third-order valence-corrected chi connectivity index (χ3v) is 4.06. The largest absolute Gasteiger partial charge is 0.396 e. The van der Waals surface area contributed by atoms with Crippen molar-refractivity contribution in [2.75, 3.05) is 32.8 Å². The van der Waals surface area contributed by atoms with Crippen molar-refractivity contribution in [3.63, 3.8) is 0 Å². The van der Waals surface area contributed by atoms with Crippen LogP contribution in [0.3, 0.4) is 0 Å². The van der Waals surface area contributed by atoms with Crippen LogP contribution in [0.4, 0.5) is 0 Å². The number of carbonyl (C=O) groups excluding carboxylic acids is 2. The van der Waals surface area contributed by atoms with Gasteiger partial charge in [-0.25, -0.2) is 0 Å². The van der Waals surface area contributed by atoms with Crippen molar-refractivity contribution >= 4 is 23.2 Å². The monoisotopic (exact) mass is 282 g/mol. The molecular formula is C13H18N2O3S. The molecule has 2 heterocycles. The SMILES string of the molecule is O=C(CCCO)N1CCN(C(=O)c2cccs2)CC1. The Morgan fingerprint density at radius 2 is 1.89 bits per heavy atom. The van der Waals surface area contributed by atoms with Crippen LogP contribution in [0.2, 0.25) is 0 Å². The van der Waals surface area contributed by atoms with Gasteiger partial charge in [0.05, 0.1) is 4.88 Å². The fourth-order valence-electron chi connectivity index (χ4n) is 2.10. The van der Waals surface area contributed by atoms with Gasteiger partial charge in [-0.3, -0.25) is 9.59 Å². The van der Waals surface area contributed by atoms with E-state index in [0.717, 1.165) is 4.88 Å². The molecule has 6 heteroatoms. The van der Waals surface area contributed by atoms with Crippen LogP contribution in [-0.4, -0.2) is 59.5 Å². The van der Waals surface area contributed by atoms with E-state index in [2.05, 4.69) is 0 Å². The molecule has 1 aliphatic heterocycles. The highest BCUT2D eigenvalue weighted by molar-refractivity contribution is 7.12. The van der Waals surface area contributed by atoms with E-state index in [1.54, 1.807) is 9.80 Å². The van der Waals surface area contributed by atoms with Gasteiger partial charge in [0.1, 0.15) is 0 Å². The van der Waals surface area contributed by atoms with E-state index in [9.17, 15) is 9.59 Å². The molecule has 0 spiro atoms. The van der Waals surface area contributed by atoms with E-state index in [1.165, 1.54) is 11.3 Å². The Morgan fingerprint density at radius 1 is 1.21 bits per heavy atom. The quantitative estimate of drug-likeness (QED) is 0.889. The maximum atomic E-state index is 12.1. The first-order valence-electron chi connectivity index (χ1n) is 6.44. The highest BCUT2D eigenvalue weighted by Crippen LogP contribution is 2.14. The first kappa shape index (κ1) is 14.0. The Kier molecular flexibility index (Phi) is 4.93. The van der Waals surface area contributed by atoms with Gasteiger partial charge in [0.15, 0.2) is 0 Å². The third kappa shape index (κ3) is 3.54. The Hall–Kier alpha value is -1.40. The van der Waals surface area contributed by atoms with E-state index in [0.29, 0.717) is 39.0 Å². The Labute approximate surface area is 116 Å². The van der Waals surface area contributed by atoms with Gasteiger partial charge in [-0.1, -0.05) is 6.07 Å². The zero-order chi connectivity index (χ0) is 13.7. The van der Waals surface area contributed by atoms with E-state index < -0.39 is 0 Å². The molecule has 0 aliphatic carbocycles. The lowest BCUT2D eigenvalue weighted by Crippen LogP contribution is -2.50. The number of thiophene rings is 1. The third-order valence-electron chi connectivity index (χ3n) is 3.20. The first-order valence-corrected chi connectivity index (χ1v) is 7.31. The average molecular weight is 282 g/mol. The number of piperazine rings is 1. The Bertz CT molecular complexity index is 425. The van der Waals surface area contributed by atoms with Gasteiger partial charge in [0.25, 0.3) is 5.91 Å². The second kappa shape index (κ2) is 6.68. The van der Waals surface area contributed by atoms with Crippen molar-refractivity contribution in [1.29, 1.82) is 0 Å². The molecule has 104 valence electrons. The average Bonchev–Trinajstić information content (AvgIpc) is 2.98. The predicted octanol–water partition coefficient (Wildman–Crippen LogP) is 0.805. The fraction of sp³-hybridized carbons (Fsp3) is 0.538. The lowest BCUT2D eigenvalue weighted by Gasteiger charge is -2.34. The maximum Gasteiger partial charge on any atom is 0.264 e. The fourth-order valence-corrected chi connectivity index (χ4v) is 2.79. The van der Waals surface area contributed by atoms with Crippen LogP contribution < -0.4 is 0 Å². The van der Waals surface area contributed by atoms with Gasteiger partial charge >= 0.3 is 0 Å². The van der Waals surface area contributed by atoms with Crippen LogP contribution in [0, 0.1) is 0 Å². The van der Waals surface area contributed by atoms with Crippen LogP contribution >= 0.6 is 11.3 Å². The van der Waals surface area contributed by atoms with Crippen molar-refractivity contribution in [2.45, 2.75) is 12.8 Å². The Morgan fingerprint density at radius 3 is 2.47 bits per heavy atom. The van der Waals surface area contributed by atoms with Crippen molar-refractivity contribution in [3.05, 3.63) is 22.4 Å². The molecule has 0 bridgehead atoms. The van der Waals surface area contributed by atoms with Gasteiger partial charge in [-0.05, 0) is 17.9 Å². The van der Waals surface area contributed by atoms with E-state index in [4.69, 9.17) is 5.11 Å². The molecule has 2 amide bonds. The number of nitrogens with zero attached hydrogens (tertiary/aromatic N) is 2. The minimum Gasteiger partial charge on any atom is -0.396 e. The number of hydrogen-bond donors (Lipinski definition) is 1. The topological polar surface area (TPSA) is 60.9 Å². The standard InChI is InChI=1S/C13H18N2O3S/c16-9-1-4-12(17)14-5-7-15(8-6-14)13(18)11-3-2-10-19-11/h2-3,10,16H,1,4-9H2. The van der Waals surface area contributed by atoms with Gasteiger partial charge in [-0.2, -0.15) is 0 Å². The summed E-state index contributed by atoms with van der Waals surface area (Å²) in [5, 5.41) is 10.6.